The van der Waals surface area contributed by atoms with E-state index in [0.717, 1.165) is 5.56 Å². The molecule has 1 atom stereocenters. The number of benzene rings is 1. The summed E-state index contributed by atoms with van der Waals surface area (Å²) in [7, 11) is 4.05. The van der Waals surface area contributed by atoms with E-state index < -0.39 is 0 Å². The van der Waals surface area contributed by atoms with E-state index in [0.29, 0.717) is 6.42 Å². The van der Waals surface area contributed by atoms with Crippen LogP contribution in [0.3, 0.4) is 0 Å². The molecule has 3 nitrogen and oxygen atoms in total. The molecule has 0 saturated carbocycles. The maximum absolute atomic E-state index is 8.82. The Kier molecular flexibility index (Phi) is 4.12. The van der Waals surface area contributed by atoms with Crippen molar-refractivity contribution in [2.24, 2.45) is 5.73 Å². The fourth-order valence-corrected chi connectivity index (χ4v) is 1.72. The maximum atomic E-state index is 8.82. The normalized spacial score (nSPS) is 12.6. The first-order valence-corrected chi connectivity index (χ1v) is 5.20. The van der Waals surface area contributed by atoms with Gasteiger partial charge in [0.2, 0.25) is 0 Å². The van der Waals surface area contributed by atoms with E-state index in [2.05, 4.69) is 24.0 Å². The minimum atomic E-state index is -0.0649. The number of aliphatic hydroxyl groups excluding tert-OH is 1. The maximum Gasteiger partial charge on any atom is 0.0449 e. The third kappa shape index (κ3) is 2.94. The molecule has 0 aliphatic heterocycles. The second-order valence-electron chi connectivity index (χ2n) is 4.06. The van der Waals surface area contributed by atoms with E-state index in [-0.39, 0.29) is 12.6 Å². The second-order valence-corrected chi connectivity index (χ2v) is 4.06. The molecule has 0 aromatic heterocycles. The molecule has 0 heterocycles. The lowest BCUT2D eigenvalue weighted by atomic mass is 10.0. The molecule has 1 aromatic carbocycles. The highest BCUT2D eigenvalue weighted by Gasteiger charge is 2.07. The van der Waals surface area contributed by atoms with Gasteiger partial charge >= 0.3 is 0 Å². The average molecular weight is 208 g/mol. The number of nitrogens with two attached hydrogens (primary N) is 1. The predicted molar refractivity (Wildman–Crippen MR) is 64.1 cm³/mol. The van der Waals surface area contributed by atoms with Gasteiger partial charge in [0.1, 0.15) is 0 Å². The van der Waals surface area contributed by atoms with E-state index in [4.69, 9.17) is 10.8 Å². The first kappa shape index (κ1) is 12.0. The van der Waals surface area contributed by atoms with Crippen LogP contribution in [0.2, 0.25) is 0 Å². The molecule has 3 heteroatoms. The van der Waals surface area contributed by atoms with Gasteiger partial charge in [-0.1, -0.05) is 12.1 Å². The van der Waals surface area contributed by atoms with Gasteiger partial charge in [-0.2, -0.15) is 0 Å². The van der Waals surface area contributed by atoms with Gasteiger partial charge in [0, 0.05) is 32.4 Å². The first-order valence-electron chi connectivity index (χ1n) is 5.20. The molecule has 0 fully saturated rings. The van der Waals surface area contributed by atoms with E-state index in [1.165, 1.54) is 11.3 Å². The van der Waals surface area contributed by atoms with Crippen LogP contribution in [0, 0.1) is 6.92 Å². The molecule has 0 saturated heterocycles. The van der Waals surface area contributed by atoms with Gasteiger partial charge in [-0.05, 0) is 30.5 Å². The van der Waals surface area contributed by atoms with Crippen molar-refractivity contribution in [3.63, 3.8) is 0 Å². The molecule has 0 radical (unpaired) electrons. The monoisotopic (exact) mass is 208 g/mol. The van der Waals surface area contributed by atoms with Gasteiger partial charge in [-0.3, -0.25) is 0 Å². The molecular weight excluding hydrogens is 188 g/mol. The topological polar surface area (TPSA) is 49.5 Å². The summed E-state index contributed by atoms with van der Waals surface area (Å²) >= 11 is 0. The van der Waals surface area contributed by atoms with Crippen molar-refractivity contribution in [2.75, 3.05) is 25.6 Å². The quantitative estimate of drug-likeness (QED) is 0.787. The third-order valence-electron chi connectivity index (χ3n) is 2.57. The largest absolute Gasteiger partial charge is 0.396 e. The van der Waals surface area contributed by atoms with Crippen LogP contribution in [0.25, 0.3) is 0 Å². The van der Waals surface area contributed by atoms with Crippen LogP contribution in [-0.2, 0) is 0 Å². The van der Waals surface area contributed by atoms with Crippen molar-refractivity contribution in [3.8, 4) is 0 Å². The van der Waals surface area contributed by atoms with Crippen LogP contribution in [0.15, 0.2) is 18.2 Å². The fourth-order valence-electron chi connectivity index (χ4n) is 1.72. The van der Waals surface area contributed by atoms with Gasteiger partial charge in [-0.15, -0.1) is 0 Å². The van der Waals surface area contributed by atoms with E-state index in [1.807, 2.05) is 20.2 Å². The SMILES string of the molecule is Cc1cc(C(N)CCO)ccc1N(C)C. The molecular formula is C12H20N2O. The molecule has 84 valence electrons. The number of rotatable bonds is 4. The van der Waals surface area contributed by atoms with Crippen molar-refractivity contribution < 1.29 is 5.11 Å². The lowest BCUT2D eigenvalue weighted by Gasteiger charge is -2.18. The van der Waals surface area contributed by atoms with E-state index >= 15 is 0 Å². The van der Waals surface area contributed by atoms with Gasteiger partial charge in [-0.25, -0.2) is 0 Å². The standard InChI is InChI=1S/C12H20N2O/c1-9-8-10(11(13)6-7-15)4-5-12(9)14(2)3/h4-5,8,11,15H,6-7,13H2,1-3H3. The van der Waals surface area contributed by atoms with Crippen molar-refractivity contribution in [1.82, 2.24) is 0 Å². The van der Waals surface area contributed by atoms with Crippen LogP contribution in [0.5, 0.6) is 0 Å². The molecule has 1 aromatic rings. The molecule has 0 spiro atoms. The zero-order valence-electron chi connectivity index (χ0n) is 9.70. The van der Waals surface area contributed by atoms with Crippen LogP contribution < -0.4 is 10.6 Å². The highest BCUT2D eigenvalue weighted by Crippen LogP contribution is 2.22. The molecule has 0 amide bonds. The van der Waals surface area contributed by atoms with Crippen LogP contribution >= 0.6 is 0 Å². The Bertz CT molecular complexity index is 323. The summed E-state index contributed by atoms with van der Waals surface area (Å²) in [5, 5.41) is 8.82. The smallest absolute Gasteiger partial charge is 0.0449 e. The Morgan fingerprint density at radius 3 is 2.53 bits per heavy atom. The van der Waals surface area contributed by atoms with E-state index in [1.54, 1.807) is 0 Å². The summed E-state index contributed by atoms with van der Waals surface area (Å²) in [6.45, 7) is 2.21. The zero-order chi connectivity index (χ0) is 11.4. The van der Waals surface area contributed by atoms with Crippen molar-refractivity contribution in [2.45, 2.75) is 19.4 Å². The highest BCUT2D eigenvalue weighted by atomic mass is 16.3. The number of hydrogen-bond acceptors (Lipinski definition) is 3. The summed E-state index contributed by atoms with van der Waals surface area (Å²) in [5.41, 5.74) is 9.43. The minimum Gasteiger partial charge on any atom is -0.396 e. The van der Waals surface area contributed by atoms with Crippen LogP contribution in [0.4, 0.5) is 5.69 Å². The highest BCUT2D eigenvalue weighted by molar-refractivity contribution is 5.53. The third-order valence-corrected chi connectivity index (χ3v) is 2.57. The Balaban J connectivity index is 2.91. The Hall–Kier alpha value is -1.06. The summed E-state index contributed by atoms with van der Waals surface area (Å²) in [4.78, 5) is 2.08. The molecule has 0 bridgehead atoms. The Labute approximate surface area is 91.5 Å². The molecule has 1 rings (SSSR count). The summed E-state index contributed by atoms with van der Waals surface area (Å²) in [6.07, 6.45) is 0.612. The first-order chi connectivity index (χ1) is 7.06. The van der Waals surface area contributed by atoms with Gasteiger partial charge in [0.25, 0.3) is 0 Å². The second kappa shape index (κ2) is 5.14. The van der Waals surface area contributed by atoms with Crippen molar-refractivity contribution in [3.05, 3.63) is 29.3 Å². The Morgan fingerprint density at radius 2 is 2.07 bits per heavy atom. The van der Waals surface area contributed by atoms with Crippen LogP contribution in [0.1, 0.15) is 23.6 Å². The van der Waals surface area contributed by atoms with Gasteiger partial charge < -0.3 is 15.7 Å². The summed E-state index contributed by atoms with van der Waals surface area (Å²) in [5.74, 6) is 0. The number of aryl methyl sites for hydroxylation is 1. The zero-order valence-corrected chi connectivity index (χ0v) is 9.70. The van der Waals surface area contributed by atoms with E-state index in [9.17, 15) is 0 Å². The number of hydrogen-bond donors (Lipinski definition) is 2. The van der Waals surface area contributed by atoms with Crippen molar-refractivity contribution >= 4 is 5.69 Å². The molecule has 0 aliphatic rings. The Morgan fingerprint density at radius 1 is 1.40 bits per heavy atom. The molecule has 15 heavy (non-hydrogen) atoms. The number of aliphatic hydroxyl groups is 1. The predicted octanol–water partition coefficient (Wildman–Crippen LogP) is 1.44. The molecule has 0 aliphatic carbocycles. The molecule has 1 unspecified atom stereocenters. The lowest BCUT2D eigenvalue weighted by Crippen LogP contribution is -2.14. The minimum absolute atomic E-state index is 0.0649. The molecule has 3 N–H and O–H groups in total. The fraction of sp³-hybridized carbons (Fsp3) is 0.500. The number of anilines is 1. The van der Waals surface area contributed by atoms with Crippen molar-refractivity contribution in [1.29, 1.82) is 0 Å². The average Bonchev–Trinajstić information content (AvgIpc) is 2.17. The summed E-state index contributed by atoms with van der Waals surface area (Å²) in [6, 6.07) is 6.13. The van der Waals surface area contributed by atoms with Gasteiger partial charge in [0.05, 0.1) is 0 Å². The van der Waals surface area contributed by atoms with Gasteiger partial charge in [0.15, 0.2) is 0 Å². The summed E-state index contributed by atoms with van der Waals surface area (Å²) < 4.78 is 0. The lowest BCUT2D eigenvalue weighted by molar-refractivity contribution is 0.276. The van der Waals surface area contributed by atoms with Crippen LogP contribution in [-0.4, -0.2) is 25.8 Å². The number of nitrogens with zero attached hydrogens (tertiary/aromatic N) is 1.